The summed E-state index contributed by atoms with van der Waals surface area (Å²) in [4.78, 5) is 12.7. The summed E-state index contributed by atoms with van der Waals surface area (Å²) >= 11 is 0. The van der Waals surface area contributed by atoms with Gasteiger partial charge in [0.05, 0.1) is 0 Å². The molecule has 3 rings (SSSR count). The first-order valence-electron chi connectivity index (χ1n) is 9.66. The highest BCUT2D eigenvalue weighted by atomic mass is 19.1. The van der Waals surface area contributed by atoms with E-state index < -0.39 is 0 Å². The van der Waals surface area contributed by atoms with Gasteiger partial charge in [0, 0.05) is 42.0 Å². The number of carbonyl (C=O) groups excluding carboxylic acids is 1. The van der Waals surface area contributed by atoms with Crippen LogP contribution in [0.3, 0.4) is 0 Å². The fraction of sp³-hybridized carbons (Fsp3) is 0.348. The van der Waals surface area contributed by atoms with E-state index in [4.69, 9.17) is 0 Å². The van der Waals surface area contributed by atoms with Gasteiger partial charge in [-0.15, -0.1) is 0 Å². The summed E-state index contributed by atoms with van der Waals surface area (Å²) in [5, 5.41) is 4.20. The van der Waals surface area contributed by atoms with Gasteiger partial charge in [-0.3, -0.25) is 4.79 Å². The molecule has 0 fully saturated rings. The van der Waals surface area contributed by atoms with E-state index in [1.807, 2.05) is 19.1 Å². The van der Waals surface area contributed by atoms with Crippen LogP contribution >= 0.6 is 0 Å². The minimum atomic E-state index is -0.266. The highest BCUT2D eigenvalue weighted by Gasteiger charge is 2.23. The number of benzene rings is 2. The third-order valence-corrected chi connectivity index (χ3v) is 5.22. The van der Waals surface area contributed by atoms with E-state index in [1.165, 1.54) is 12.1 Å². The SMILES string of the molecule is CC[C@@H](C)NC(=O)C[C@@H](c1ccc(F)cc1)c1cn(CC)c2ccccc12. The second-order valence-corrected chi connectivity index (χ2v) is 7.07. The Hall–Kier alpha value is -2.62. The molecule has 0 spiro atoms. The molecule has 0 aliphatic carbocycles. The molecule has 27 heavy (non-hydrogen) atoms. The second-order valence-electron chi connectivity index (χ2n) is 7.07. The van der Waals surface area contributed by atoms with Crippen molar-refractivity contribution in [3.63, 3.8) is 0 Å². The zero-order valence-electron chi connectivity index (χ0n) is 16.2. The number of halogens is 1. The van der Waals surface area contributed by atoms with Gasteiger partial charge in [0.15, 0.2) is 0 Å². The highest BCUT2D eigenvalue weighted by Crippen LogP contribution is 2.35. The number of amides is 1. The van der Waals surface area contributed by atoms with E-state index in [2.05, 4.69) is 42.1 Å². The highest BCUT2D eigenvalue weighted by molar-refractivity contribution is 5.86. The number of carbonyl (C=O) groups is 1. The van der Waals surface area contributed by atoms with Gasteiger partial charge < -0.3 is 9.88 Å². The lowest BCUT2D eigenvalue weighted by Crippen LogP contribution is -2.33. The third kappa shape index (κ3) is 4.21. The Morgan fingerprint density at radius 2 is 1.81 bits per heavy atom. The number of aryl methyl sites for hydroxylation is 1. The van der Waals surface area contributed by atoms with Gasteiger partial charge in [0.1, 0.15) is 5.82 Å². The third-order valence-electron chi connectivity index (χ3n) is 5.22. The summed E-state index contributed by atoms with van der Waals surface area (Å²) in [6.45, 7) is 7.03. The summed E-state index contributed by atoms with van der Waals surface area (Å²) in [7, 11) is 0. The number of hydrogen-bond donors (Lipinski definition) is 1. The number of nitrogens with zero attached hydrogens (tertiary/aromatic N) is 1. The molecule has 1 heterocycles. The van der Waals surface area contributed by atoms with Crippen LogP contribution in [-0.4, -0.2) is 16.5 Å². The molecule has 0 saturated carbocycles. The van der Waals surface area contributed by atoms with Crippen LogP contribution in [0.1, 0.15) is 50.7 Å². The van der Waals surface area contributed by atoms with Gasteiger partial charge in [0.2, 0.25) is 5.91 Å². The quantitative estimate of drug-likeness (QED) is 0.610. The maximum absolute atomic E-state index is 13.5. The zero-order chi connectivity index (χ0) is 19.4. The Morgan fingerprint density at radius 3 is 2.48 bits per heavy atom. The second kappa shape index (κ2) is 8.38. The molecule has 0 aliphatic heterocycles. The molecule has 1 aromatic heterocycles. The molecule has 0 saturated heterocycles. The molecular weight excluding hydrogens is 339 g/mol. The average molecular weight is 366 g/mol. The van der Waals surface area contributed by atoms with Crippen LogP contribution in [-0.2, 0) is 11.3 Å². The number of aromatic nitrogens is 1. The van der Waals surface area contributed by atoms with Crippen molar-refractivity contribution in [3.05, 3.63) is 71.7 Å². The van der Waals surface area contributed by atoms with E-state index in [9.17, 15) is 9.18 Å². The molecule has 142 valence electrons. The van der Waals surface area contributed by atoms with Crippen LogP contribution in [0.25, 0.3) is 10.9 Å². The summed E-state index contributed by atoms with van der Waals surface area (Å²) in [5.41, 5.74) is 3.22. The predicted molar refractivity (Wildman–Crippen MR) is 108 cm³/mol. The fourth-order valence-corrected chi connectivity index (χ4v) is 3.54. The Labute approximate surface area is 160 Å². The Kier molecular flexibility index (Phi) is 5.94. The van der Waals surface area contributed by atoms with E-state index in [0.717, 1.165) is 35.0 Å². The molecule has 0 bridgehead atoms. The lowest BCUT2D eigenvalue weighted by molar-refractivity contribution is -0.121. The maximum atomic E-state index is 13.5. The number of rotatable bonds is 7. The number of para-hydroxylation sites is 1. The van der Waals surface area contributed by atoms with Gasteiger partial charge in [0.25, 0.3) is 0 Å². The van der Waals surface area contributed by atoms with Crippen molar-refractivity contribution in [3.8, 4) is 0 Å². The van der Waals surface area contributed by atoms with Crippen LogP contribution in [0.5, 0.6) is 0 Å². The Bertz CT molecular complexity index is 914. The van der Waals surface area contributed by atoms with Crippen LogP contribution in [0.15, 0.2) is 54.7 Å². The van der Waals surface area contributed by atoms with E-state index in [0.29, 0.717) is 6.42 Å². The summed E-state index contributed by atoms with van der Waals surface area (Å²) in [5.74, 6) is -0.364. The van der Waals surface area contributed by atoms with E-state index in [-0.39, 0.29) is 23.7 Å². The summed E-state index contributed by atoms with van der Waals surface area (Å²) in [6.07, 6.45) is 3.37. The van der Waals surface area contributed by atoms with Gasteiger partial charge >= 0.3 is 0 Å². The molecule has 3 nitrogen and oxygen atoms in total. The van der Waals surface area contributed by atoms with Crippen molar-refractivity contribution >= 4 is 16.8 Å². The monoisotopic (exact) mass is 366 g/mol. The first-order chi connectivity index (χ1) is 13.0. The molecule has 1 N–H and O–H groups in total. The molecular formula is C23H27FN2O. The van der Waals surface area contributed by atoms with E-state index >= 15 is 0 Å². The summed E-state index contributed by atoms with van der Waals surface area (Å²) in [6, 6.07) is 14.9. The molecule has 2 atom stereocenters. The van der Waals surface area contributed by atoms with Crippen molar-refractivity contribution in [2.45, 2.75) is 52.1 Å². The molecule has 1 amide bonds. The molecule has 0 radical (unpaired) electrons. The zero-order valence-corrected chi connectivity index (χ0v) is 16.2. The average Bonchev–Trinajstić information content (AvgIpc) is 3.05. The molecule has 0 unspecified atom stereocenters. The minimum absolute atomic E-state index is 0.0204. The van der Waals surface area contributed by atoms with Gasteiger partial charge in [-0.1, -0.05) is 37.3 Å². The molecule has 4 heteroatoms. The molecule has 3 aromatic rings. The Morgan fingerprint density at radius 1 is 1.11 bits per heavy atom. The smallest absolute Gasteiger partial charge is 0.221 e. The Balaban J connectivity index is 2.04. The minimum Gasteiger partial charge on any atom is -0.354 e. The van der Waals surface area contributed by atoms with Crippen molar-refractivity contribution in [1.29, 1.82) is 0 Å². The normalized spacial score (nSPS) is 13.5. The van der Waals surface area contributed by atoms with Gasteiger partial charge in [-0.25, -0.2) is 4.39 Å². The topological polar surface area (TPSA) is 34.0 Å². The van der Waals surface area contributed by atoms with Crippen LogP contribution in [0, 0.1) is 5.82 Å². The number of hydrogen-bond acceptors (Lipinski definition) is 1. The largest absolute Gasteiger partial charge is 0.354 e. The standard InChI is InChI=1S/C23H27FN2O/c1-4-16(3)25-23(27)14-20(17-10-12-18(24)13-11-17)21-15-26(5-2)22-9-7-6-8-19(21)22/h6-13,15-16,20H,4-5,14H2,1-3H3,(H,25,27)/t16-,20+/m1/s1. The lowest BCUT2D eigenvalue weighted by Gasteiger charge is -2.19. The first kappa shape index (κ1) is 19.2. The summed E-state index contributed by atoms with van der Waals surface area (Å²) < 4.78 is 15.7. The van der Waals surface area contributed by atoms with Crippen LogP contribution in [0.4, 0.5) is 4.39 Å². The predicted octanol–water partition coefficient (Wildman–Crippen LogP) is 5.24. The van der Waals surface area contributed by atoms with Crippen molar-refractivity contribution in [2.24, 2.45) is 0 Å². The fourth-order valence-electron chi connectivity index (χ4n) is 3.54. The van der Waals surface area contributed by atoms with Gasteiger partial charge in [-0.2, -0.15) is 0 Å². The lowest BCUT2D eigenvalue weighted by atomic mass is 9.88. The molecule has 2 aromatic carbocycles. The van der Waals surface area contributed by atoms with Crippen molar-refractivity contribution in [1.82, 2.24) is 9.88 Å². The number of nitrogens with one attached hydrogen (secondary N) is 1. The van der Waals surface area contributed by atoms with Crippen molar-refractivity contribution < 1.29 is 9.18 Å². The maximum Gasteiger partial charge on any atom is 0.221 e. The van der Waals surface area contributed by atoms with Gasteiger partial charge in [-0.05, 0) is 49.6 Å². The van der Waals surface area contributed by atoms with E-state index in [1.54, 1.807) is 12.1 Å². The number of fused-ring (bicyclic) bond motifs is 1. The van der Waals surface area contributed by atoms with Crippen LogP contribution < -0.4 is 5.32 Å². The first-order valence-corrected chi connectivity index (χ1v) is 9.66. The molecule has 0 aliphatic rings. The van der Waals surface area contributed by atoms with Crippen molar-refractivity contribution in [2.75, 3.05) is 0 Å². The van der Waals surface area contributed by atoms with Crippen LogP contribution in [0.2, 0.25) is 0 Å².